The number of aromatic amines is 1. The summed E-state index contributed by atoms with van der Waals surface area (Å²) in [5, 5.41) is 2.51. The maximum atomic E-state index is 4.62. The molecule has 96 valence electrons. The molecule has 1 atom stereocenters. The Labute approximate surface area is 112 Å². The van der Waals surface area contributed by atoms with Crippen LogP contribution in [0.5, 0.6) is 0 Å². The van der Waals surface area contributed by atoms with E-state index in [1.807, 2.05) is 6.20 Å². The molecular formula is C16H17N3. The second-order valence-corrected chi connectivity index (χ2v) is 5.47. The summed E-state index contributed by atoms with van der Waals surface area (Å²) in [4.78, 5) is 10.4. The van der Waals surface area contributed by atoms with Gasteiger partial charge in [-0.3, -0.25) is 4.90 Å². The van der Waals surface area contributed by atoms with Crippen LogP contribution in [0.25, 0.3) is 21.9 Å². The fraction of sp³-hybridized carbons (Fsp3) is 0.312. The van der Waals surface area contributed by atoms with Crippen molar-refractivity contribution in [1.29, 1.82) is 0 Å². The van der Waals surface area contributed by atoms with Crippen LogP contribution in [0, 0.1) is 0 Å². The number of likely N-dealkylation sites (tertiary alicyclic amines) is 1. The molecule has 1 N–H and O–H groups in total. The lowest BCUT2D eigenvalue weighted by molar-refractivity contribution is 0.317. The quantitative estimate of drug-likeness (QED) is 0.718. The smallest absolute Gasteiger partial charge is 0.138 e. The molecule has 0 unspecified atom stereocenters. The van der Waals surface area contributed by atoms with E-state index in [-0.39, 0.29) is 0 Å². The van der Waals surface area contributed by atoms with Gasteiger partial charge in [-0.1, -0.05) is 18.2 Å². The Bertz CT molecular complexity index is 744. The van der Waals surface area contributed by atoms with E-state index in [4.69, 9.17) is 0 Å². The summed E-state index contributed by atoms with van der Waals surface area (Å²) in [6, 6.07) is 11.3. The first-order valence-electron chi connectivity index (χ1n) is 6.89. The fourth-order valence-electron chi connectivity index (χ4n) is 3.25. The first-order valence-corrected chi connectivity index (χ1v) is 6.89. The lowest BCUT2D eigenvalue weighted by Crippen LogP contribution is -2.17. The van der Waals surface area contributed by atoms with Crippen molar-refractivity contribution in [2.75, 3.05) is 13.6 Å². The minimum Gasteiger partial charge on any atom is -0.339 e. The number of aromatic nitrogens is 2. The molecule has 0 radical (unpaired) electrons. The second-order valence-electron chi connectivity index (χ2n) is 5.47. The van der Waals surface area contributed by atoms with Gasteiger partial charge in [-0.05, 0) is 44.1 Å². The van der Waals surface area contributed by atoms with Crippen LogP contribution in [0.4, 0.5) is 0 Å². The zero-order chi connectivity index (χ0) is 12.8. The van der Waals surface area contributed by atoms with Crippen LogP contribution in [0.3, 0.4) is 0 Å². The number of H-pyrrole nitrogens is 1. The van der Waals surface area contributed by atoms with Gasteiger partial charge in [0.15, 0.2) is 0 Å². The monoisotopic (exact) mass is 251 g/mol. The van der Waals surface area contributed by atoms with Crippen LogP contribution >= 0.6 is 0 Å². The summed E-state index contributed by atoms with van der Waals surface area (Å²) in [5.41, 5.74) is 3.50. The summed E-state index contributed by atoms with van der Waals surface area (Å²) in [7, 11) is 2.21. The zero-order valence-electron chi connectivity index (χ0n) is 11.1. The van der Waals surface area contributed by atoms with E-state index in [0.717, 1.165) is 5.65 Å². The van der Waals surface area contributed by atoms with Gasteiger partial charge in [0, 0.05) is 28.5 Å². The number of benzene rings is 1. The van der Waals surface area contributed by atoms with Crippen molar-refractivity contribution in [3.8, 4) is 0 Å². The Hall–Kier alpha value is -1.87. The molecule has 1 aliphatic rings. The van der Waals surface area contributed by atoms with E-state index in [1.165, 1.54) is 41.2 Å². The van der Waals surface area contributed by atoms with Crippen LogP contribution in [-0.4, -0.2) is 28.5 Å². The fourth-order valence-corrected chi connectivity index (χ4v) is 3.25. The molecule has 1 aromatic carbocycles. The van der Waals surface area contributed by atoms with Gasteiger partial charge in [-0.2, -0.15) is 0 Å². The van der Waals surface area contributed by atoms with Crippen LogP contribution in [0.15, 0.2) is 36.5 Å². The third-order valence-corrected chi connectivity index (χ3v) is 4.28. The SMILES string of the molecule is CN1CCC[C@H]1c1cnc2[nH]c3ccccc3c2c1. The first-order chi connectivity index (χ1) is 9.33. The van der Waals surface area contributed by atoms with Gasteiger partial charge in [-0.25, -0.2) is 4.98 Å². The van der Waals surface area contributed by atoms with Gasteiger partial charge in [0.05, 0.1) is 0 Å². The molecule has 0 amide bonds. The molecule has 0 bridgehead atoms. The highest BCUT2D eigenvalue weighted by Gasteiger charge is 2.23. The number of nitrogens with one attached hydrogen (secondary N) is 1. The van der Waals surface area contributed by atoms with Gasteiger partial charge in [0.25, 0.3) is 0 Å². The standard InChI is InChI=1S/C16H17N3/c1-19-8-4-7-15(19)11-9-13-12-5-2-3-6-14(12)18-16(13)17-10-11/h2-3,5-6,9-10,15H,4,7-8H2,1H3,(H,17,18)/t15-/m0/s1. The highest BCUT2D eigenvalue weighted by Crippen LogP contribution is 2.33. The molecule has 1 aliphatic heterocycles. The maximum Gasteiger partial charge on any atom is 0.138 e. The first kappa shape index (κ1) is 11.0. The summed E-state index contributed by atoms with van der Waals surface area (Å²) in [6.07, 6.45) is 4.56. The van der Waals surface area contributed by atoms with E-state index >= 15 is 0 Å². The van der Waals surface area contributed by atoms with Gasteiger partial charge < -0.3 is 4.98 Å². The molecule has 3 heterocycles. The molecule has 0 saturated carbocycles. The van der Waals surface area contributed by atoms with E-state index in [1.54, 1.807) is 0 Å². The number of para-hydroxylation sites is 1. The molecule has 3 heteroatoms. The van der Waals surface area contributed by atoms with E-state index < -0.39 is 0 Å². The number of hydrogen-bond donors (Lipinski definition) is 1. The molecule has 19 heavy (non-hydrogen) atoms. The van der Waals surface area contributed by atoms with Gasteiger partial charge in [0.2, 0.25) is 0 Å². The summed E-state index contributed by atoms with van der Waals surface area (Å²) >= 11 is 0. The van der Waals surface area contributed by atoms with E-state index in [9.17, 15) is 0 Å². The minimum absolute atomic E-state index is 0.533. The molecule has 4 rings (SSSR count). The van der Waals surface area contributed by atoms with Crippen molar-refractivity contribution in [3.05, 3.63) is 42.1 Å². The van der Waals surface area contributed by atoms with Crippen molar-refractivity contribution in [2.24, 2.45) is 0 Å². The lowest BCUT2D eigenvalue weighted by Gasteiger charge is -2.19. The van der Waals surface area contributed by atoms with Crippen LogP contribution in [0.1, 0.15) is 24.4 Å². The number of hydrogen-bond acceptors (Lipinski definition) is 2. The van der Waals surface area contributed by atoms with Crippen molar-refractivity contribution in [1.82, 2.24) is 14.9 Å². The predicted octanol–water partition coefficient (Wildman–Crippen LogP) is 3.48. The van der Waals surface area contributed by atoms with Crippen molar-refractivity contribution in [2.45, 2.75) is 18.9 Å². The van der Waals surface area contributed by atoms with Crippen molar-refractivity contribution in [3.63, 3.8) is 0 Å². The van der Waals surface area contributed by atoms with Gasteiger partial charge >= 0.3 is 0 Å². The largest absolute Gasteiger partial charge is 0.339 e. The highest BCUT2D eigenvalue weighted by molar-refractivity contribution is 6.05. The molecule has 0 aliphatic carbocycles. The highest BCUT2D eigenvalue weighted by atomic mass is 15.1. The third kappa shape index (κ3) is 1.65. The van der Waals surface area contributed by atoms with Crippen molar-refractivity contribution < 1.29 is 0 Å². The average Bonchev–Trinajstić information content (AvgIpc) is 3.01. The Morgan fingerprint density at radius 3 is 3.00 bits per heavy atom. The zero-order valence-corrected chi connectivity index (χ0v) is 11.1. The Balaban J connectivity index is 1.92. The number of nitrogens with zero attached hydrogens (tertiary/aromatic N) is 2. The summed E-state index contributed by atoms with van der Waals surface area (Å²) in [5.74, 6) is 0. The predicted molar refractivity (Wildman–Crippen MR) is 78.2 cm³/mol. The minimum atomic E-state index is 0.533. The molecule has 0 spiro atoms. The average molecular weight is 251 g/mol. The Morgan fingerprint density at radius 2 is 2.16 bits per heavy atom. The topological polar surface area (TPSA) is 31.9 Å². The van der Waals surface area contributed by atoms with Crippen LogP contribution in [0.2, 0.25) is 0 Å². The molecular weight excluding hydrogens is 234 g/mol. The molecule has 1 fully saturated rings. The summed E-state index contributed by atoms with van der Waals surface area (Å²) in [6.45, 7) is 1.19. The van der Waals surface area contributed by atoms with Gasteiger partial charge in [-0.15, -0.1) is 0 Å². The Morgan fingerprint density at radius 1 is 1.26 bits per heavy atom. The number of fused-ring (bicyclic) bond motifs is 3. The number of pyridine rings is 1. The Kier molecular flexibility index (Phi) is 2.35. The molecule has 2 aromatic heterocycles. The second kappa shape index (κ2) is 4.07. The molecule has 1 saturated heterocycles. The maximum absolute atomic E-state index is 4.62. The van der Waals surface area contributed by atoms with E-state index in [0.29, 0.717) is 6.04 Å². The number of rotatable bonds is 1. The molecule has 3 nitrogen and oxygen atoms in total. The van der Waals surface area contributed by atoms with Crippen LogP contribution in [-0.2, 0) is 0 Å². The van der Waals surface area contributed by atoms with E-state index in [2.05, 4.69) is 52.2 Å². The van der Waals surface area contributed by atoms with Crippen LogP contribution < -0.4 is 0 Å². The van der Waals surface area contributed by atoms with Crippen molar-refractivity contribution >= 4 is 21.9 Å². The lowest BCUT2D eigenvalue weighted by atomic mass is 10.0. The van der Waals surface area contributed by atoms with Gasteiger partial charge in [0.1, 0.15) is 5.65 Å². The molecule has 3 aromatic rings. The summed E-state index contributed by atoms with van der Waals surface area (Å²) < 4.78 is 0. The normalized spacial score (nSPS) is 20.6. The third-order valence-electron chi connectivity index (χ3n) is 4.28.